The summed E-state index contributed by atoms with van der Waals surface area (Å²) in [7, 11) is 3.30. The van der Waals surface area contributed by atoms with Crippen LogP contribution in [0.1, 0.15) is 24.4 Å². The highest BCUT2D eigenvalue weighted by Crippen LogP contribution is 2.38. The molecule has 7 heteroatoms. The SMILES string of the molecule is COc1ccc(C2CCCN2Cn2nnc3ccccc3c2=O)c(OC)c1. The predicted molar refractivity (Wildman–Crippen MR) is 102 cm³/mol. The van der Waals surface area contributed by atoms with Crippen molar-refractivity contribution in [1.29, 1.82) is 0 Å². The first-order chi connectivity index (χ1) is 13.2. The molecule has 0 radical (unpaired) electrons. The summed E-state index contributed by atoms with van der Waals surface area (Å²) >= 11 is 0. The summed E-state index contributed by atoms with van der Waals surface area (Å²) in [6, 6.07) is 13.3. The van der Waals surface area contributed by atoms with Gasteiger partial charge in [0.15, 0.2) is 0 Å². The smallest absolute Gasteiger partial charge is 0.278 e. The van der Waals surface area contributed by atoms with Crippen LogP contribution < -0.4 is 15.0 Å². The lowest BCUT2D eigenvalue weighted by atomic mass is 10.0. The van der Waals surface area contributed by atoms with Crippen molar-refractivity contribution in [2.24, 2.45) is 0 Å². The summed E-state index contributed by atoms with van der Waals surface area (Å²) < 4.78 is 12.3. The molecule has 7 nitrogen and oxygen atoms in total. The molecule has 27 heavy (non-hydrogen) atoms. The maximum absolute atomic E-state index is 12.8. The van der Waals surface area contributed by atoms with Crippen molar-refractivity contribution in [3.8, 4) is 11.5 Å². The van der Waals surface area contributed by atoms with Gasteiger partial charge in [-0.05, 0) is 31.0 Å². The molecule has 1 unspecified atom stereocenters. The van der Waals surface area contributed by atoms with E-state index in [2.05, 4.69) is 15.2 Å². The Hall–Kier alpha value is -2.93. The van der Waals surface area contributed by atoms with E-state index in [1.54, 1.807) is 26.4 Å². The Bertz CT molecular complexity index is 1020. The molecule has 2 aromatic carbocycles. The zero-order valence-electron chi connectivity index (χ0n) is 15.5. The lowest BCUT2D eigenvalue weighted by Crippen LogP contribution is -2.34. The van der Waals surface area contributed by atoms with Gasteiger partial charge in [-0.15, -0.1) is 5.10 Å². The predicted octanol–water partition coefficient (Wildman–Crippen LogP) is 2.60. The van der Waals surface area contributed by atoms with Gasteiger partial charge in [-0.2, -0.15) is 4.68 Å². The third-order valence-corrected chi connectivity index (χ3v) is 5.11. The number of hydrogen-bond acceptors (Lipinski definition) is 6. The van der Waals surface area contributed by atoms with E-state index in [4.69, 9.17) is 9.47 Å². The number of benzene rings is 2. The highest BCUT2D eigenvalue weighted by atomic mass is 16.5. The molecule has 3 aromatic rings. The van der Waals surface area contributed by atoms with Crippen molar-refractivity contribution in [1.82, 2.24) is 19.9 Å². The highest BCUT2D eigenvalue weighted by molar-refractivity contribution is 5.76. The Morgan fingerprint density at radius 1 is 1.15 bits per heavy atom. The molecular weight excluding hydrogens is 344 g/mol. The molecule has 1 saturated heterocycles. The molecule has 0 amide bonds. The minimum absolute atomic E-state index is 0.118. The van der Waals surface area contributed by atoms with Crippen molar-refractivity contribution >= 4 is 10.9 Å². The molecule has 2 heterocycles. The van der Waals surface area contributed by atoms with Gasteiger partial charge in [0.25, 0.3) is 5.56 Å². The van der Waals surface area contributed by atoms with Gasteiger partial charge in [0.05, 0.1) is 26.3 Å². The first-order valence-electron chi connectivity index (χ1n) is 9.00. The maximum Gasteiger partial charge on any atom is 0.278 e. The highest BCUT2D eigenvalue weighted by Gasteiger charge is 2.29. The second-order valence-corrected chi connectivity index (χ2v) is 6.63. The third-order valence-electron chi connectivity index (χ3n) is 5.11. The molecule has 0 bridgehead atoms. The van der Waals surface area contributed by atoms with E-state index in [0.717, 1.165) is 36.4 Å². The van der Waals surface area contributed by atoms with E-state index < -0.39 is 0 Å². The number of likely N-dealkylation sites (tertiary alicyclic amines) is 1. The summed E-state index contributed by atoms with van der Waals surface area (Å²) in [6.45, 7) is 1.29. The van der Waals surface area contributed by atoms with Gasteiger partial charge >= 0.3 is 0 Å². The number of hydrogen-bond donors (Lipinski definition) is 0. The normalized spacial score (nSPS) is 17.3. The number of fused-ring (bicyclic) bond motifs is 1. The van der Waals surface area contributed by atoms with Gasteiger partial charge in [0.1, 0.15) is 17.0 Å². The summed E-state index contributed by atoms with van der Waals surface area (Å²) in [5.74, 6) is 1.56. The minimum Gasteiger partial charge on any atom is -0.497 e. The molecule has 0 aliphatic carbocycles. The van der Waals surface area contributed by atoms with E-state index in [9.17, 15) is 4.79 Å². The zero-order valence-corrected chi connectivity index (χ0v) is 15.5. The molecule has 0 spiro atoms. The van der Waals surface area contributed by atoms with Gasteiger partial charge in [0, 0.05) is 24.2 Å². The van der Waals surface area contributed by atoms with Gasteiger partial charge in [-0.25, -0.2) is 0 Å². The second-order valence-electron chi connectivity index (χ2n) is 6.63. The lowest BCUT2D eigenvalue weighted by molar-refractivity contribution is 0.181. The zero-order chi connectivity index (χ0) is 18.8. The molecule has 1 fully saturated rings. The average Bonchev–Trinajstić information content (AvgIpc) is 3.17. The number of aromatic nitrogens is 3. The minimum atomic E-state index is -0.118. The van der Waals surface area contributed by atoms with E-state index >= 15 is 0 Å². The molecular formula is C20H22N4O3. The van der Waals surface area contributed by atoms with Crippen LogP contribution in [0.15, 0.2) is 47.3 Å². The van der Waals surface area contributed by atoms with E-state index in [1.165, 1.54) is 4.68 Å². The molecule has 140 valence electrons. The number of nitrogens with zero attached hydrogens (tertiary/aromatic N) is 4. The summed E-state index contributed by atoms with van der Waals surface area (Å²) in [6.07, 6.45) is 2.05. The molecule has 1 aliphatic heterocycles. The largest absolute Gasteiger partial charge is 0.497 e. The van der Waals surface area contributed by atoms with Crippen LogP contribution in [0.4, 0.5) is 0 Å². The van der Waals surface area contributed by atoms with E-state index in [-0.39, 0.29) is 11.6 Å². The molecule has 1 aliphatic rings. The molecule has 0 saturated carbocycles. The van der Waals surface area contributed by atoms with Crippen LogP contribution in [0.3, 0.4) is 0 Å². The van der Waals surface area contributed by atoms with Gasteiger partial charge < -0.3 is 9.47 Å². The summed E-state index contributed by atoms with van der Waals surface area (Å²) in [5, 5.41) is 8.90. The Balaban J connectivity index is 1.65. The maximum atomic E-state index is 12.8. The lowest BCUT2D eigenvalue weighted by Gasteiger charge is -2.26. The van der Waals surface area contributed by atoms with Crippen LogP contribution >= 0.6 is 0 Å². The molecule has 1 aromatic heterocycles. The Labute approximate surface area is 157 Å². The quantitative estimate of drug-likeness (QED) is 0.691. The van der Waals surface area contributed by atoms with E-state index in [1.807, 2.05) is 30.3 Å². The van der Waals surface area contributed by atoms with Gasteiger partial charge in [0.2, 0.25) is 0 Å². The number of rotatable bonds is 5. The summed E-state index contributed by atoms with van der Waals surface area (Å²) in [4.78, 5) is 15.0. The van der Waals surface area contributed by atoms with Crippen LogP contribution in [0.5, 0.6) is 11.5 Å². The van der Waals surface area contributed by atoms with Crippen molar-refractivity contribution < 1.29 is 9.47 Å². The fourth-order valence-corrected chi connectivity index (χ4v) is 3.73. The monoisotopic (exact) mass is 366 g/mol. The Kier molecular flexibility index (Phi) is 4.77. The Morgan fingerprint density at radius 2 is 2.00 bits per heavy atom. The second kappa shape index (κ2) is 7.36. The van der Waals surface area contributed by atoms with Crippen LogP contribution in [-0.2, 0) is 6.67 Å². The first kappa shape index (κ1) is 17.5. The number of methoxy groups -OCH3 is 2. The Morgan fingerprint density at radius 3 is 2.81 bits per heavy atom. The van der Waals surface area contributed by atoms with Gasteiger partial charge in [-0.3, -0.25) is 9.69 Å². The van der Waals surface area contributed by atoms with Crippen LogP contribution in [-0.4, -0.2) is 40.7 Å². The van der Waals surface area contributed by atoms with Crippen molar-refractivity contribution in [3.63, 3.8) is 0 Å². The third kappa shape index (κ3) is 3.26. The average molecular weight is 366 g/mol. The van der Waals surface area contributed by atoms with E-state index in [0.29, 0.717) is 17.6 Å². The van der Waals surface area contributed by atoms with Crippen LogP contribution in [0.2, 0.25) is 0 Å². The van der Waals surface area contributed by atoms with Crippen LogP contribution in [0, 0.1) is 0 Å². The fourth-order valence-electron chi connectivity index (χ4n) is 3.73. The number of ether oxygens (including phenoxy) is 2. The molecule has 0 N–H and O–H groups in total. The summed E-state index contributed by atoms with van der Waals surface area (Å²) in [5.41, 5.74) is 1.60. The van der Waals surface area contributed by atoms with Crippen molar-refractivity contribution in [2.75, 3.05) is 20.8 Å². The molecule has 1 atom stereocenters. The van der Waals surface area contributed by atoms with Crippen molar-refractivity contribution in [3.05, 3.63) is 58.4 Å². The first-order valence-corrected chi connectivity index (χ1v) is 9.00. The van der Waals surface area contributed by atoms with Crippen LogP contribution in [0.25, 0.3) is 10.9 Å². The fraction of sp³-hybridized carbons (Fsp3) is 0.350. The molecule has 4 rings (SSSR count). The topological polar surface area (TPSA) is 69.5 Å². The van der Waals surface area contributed by atoms with Gasteiger partial charge in [-0.1, -0.05) is 23.4 Å². The van der Waals surface area contributed by atoms with Crippen molar-refractivity contribution in [2.45, 2.75) is 25.6 Å². The standard InChI is InChI=1S/C20H22N4O3/c1-26-14-9-10-16(19(12-14)27-2)18-8-5-11-23(18)13-24-20(25)15-6-3-4-7-17(15)21-22-24/h3-4,6-7,9-10,12,18H,5,8,11,13H2,1-2H3.